The average molecular weight is 450 g/mol. The van der Waals surface area contributed by atoms with E-state index >= 15 is 0 Å². The Morgan fingerprint density at radius 2 is 1.17 bits per heavy atom. The average Bonchev–Trinajstić information content (AvgIpc) is 2.46. The fourth-order valence-corrected chi connectivity index (χ4v) is 10.2. The topological polar surface area (TPSA) is 127 Å². The molecule has 2 aromatic carbocycles. The van der Waals surface area contributed by atoms with E-state index in [-0.39, 0.29) is 39.1 Å². The van der Waals surface area contributed by atoms with Crippen molar-refractivity contribution in [2.75, 3.05) is 11.5 Å². The molecule has 0 aliphatic heterocycles. The Morgan fingerprint density at radius 1 is 0.792 bits per heavy atom. The van der Waals surface area contributed by atoms with Gasteiger partial charge in [0.2, 0.25) is 0 Å². The molecule has 0 saturated carbocycles. The van der Waals surface area contributed by atoms with Gasteiger partial charge in [-0.3, -0.25) is 0 Å². The number of hydrogen-bond donors (Lipinski definition) is 4. The van der Waals surface area contributed by atoms with Crippen LogP contribution >= 0.6 is 0 Å². The second-order valence-electron chi connectivity index (χ2n) is 5.13. The summed E-state index contributed by atoms with van der Waals surface area (Å²) in [5, 5.41) is 17.6. The number of carbonyl (C=O) groups is 2. The predicted molar refractivity (Wildman–Crippen MR) is 95.2 cm³/mol. The van der Waals surface area contributed by atoms with Gasteiger partial charge in [0.1, 0.15) is 0 Å². The SMILES string of the molecule is Nc1cc(CC(=O)O)ccc1[As]=[As]c1ccc(CC(=O)O)cc1N. The van der Waals surface area contributed by atoms with Crippen molar-refractivity contribution >= 4 is 58.3 Å². The number of nitrogens with two attached hydrogens (primary N) is 2. The Bertz CT molecular complexity index is 754. The van der Waals surface area contributed by atoms with Crippen LogP contribution in [-0.2, 0) is 22.4 Å². The van der Waals surface area contributed by atoms with Crippen molar-refractivity contribution in [2.45, 2.75) is 12.8 Å². The molecule has 0 radical (unpaired) electrons. The first-order valence-corrected chi connectivity index (χ1v) is 14.0. The molecule has 0 fully saturated rings. The number of rotatable bonds is 6. The first kappa shape index (κ1) is 18.4. The quantitative estimate of drug-likeness (QED) is 0.344. The van der Waals surface area contributed by atoms with Crippen LogP contribution in [0.25, 0.3) is 0 Å². The number of aliphatic carboxylic acids is 2. The van der Waals surface area contributed by atoms with Gasteiger partial charge in [-0.2, -0.15) is 0 Å². The van der Waals surface area contributed by atoms with Crippen LogP contribution in [0, 0.1) is 0 Å². The zero-order valence-electron chi connectivity index (χ0n) is 12.6. The summed E-state index contributed by atoms with van der Waals surface area (Å²) in [5.41, 5.74) is 14.7. The van der Waals surface area contributed by atoms with E-state index in [4.69, 9.17) is 21.7 Å². The Hall–Kier alpha value is -1.90. The van der Waals surface area contributed by atoms with Crippen LogP contribution in [0.2, 0.25) is 0 Å². The summed E-state index contributed by atoms with van der Waals surface area (Å²) in [6.45, 7) is 0. The molecule has 8 heteroatoms. The number of benzene rings is 2. The monoisotopic (exact) mass is 450 g/mol. The van der Waals surface area contributed by atoms with Crippen molar-refractivity contribution in [1.82, 2.24) is 0 Å². The van der Waals surface area contributed by atoms with Gasteiger partial charge < -0.3 is 0 Å². The minimum atomic E-state index is -0.879. The maximum atomic E-state index is 10.7. The molecule has 0 aliphatic rings. The molecule has 0 aliphatic carbocycles. The molecule has 0 saturated heterocycles. The fraction of sp³-hybridized carbons (Fsp3) is 0.125. The van der Waals surface area contributed by atoms with E-state index in [1.807, 2.05) is 12.1 Å². The van der Waals surface area contributed by atoms with E-state index in [9.17, 15) is 9.59 Å². The summed E-state index contributed by atoms with van der Waals surface area (Å²) in [7, 11) is 0. The van der Waals surface area contributed by atoms with E-state index in [0.29, 0.717) is 22.5 Å². The molecule has 24 heavy (non-hydrogen) atoms. The van der Waals surface area contributed by atoms with Crippen molar-refractivity contribution in [3.05, 3.63) is 47.5 Å². The minimum absolute atomic E-state index is 0.0350. The standard InChI is InChI=1S/C16H16As2N2O4/c19-13-5-9(7-15(21)22)1-3-11(13)17-18-12-4-2-10(6-14(12)20)8-16(23)24/h1-6H,7-8,19-20H2,(H,21,22)(H,23,24). The van der Waals surface area contributed by atoms with E-state index in [1.54, 1.807) is 24.3 Å². The van der Waals surface area contributed by atoms with Crippen LogP contribution in [0.1, 0.15) is 11.1 Å². The van der Waals surface area contributed by atoms with Crippen molar-refractivity contribution in [2.24, 2.45) is 0 Å². The predicted octanol–water partition coefficient (Wildman–Crippen LogP) is -0.621. The van der Waals surface area contributed by atoms with Crippen LogP contribution in [-0.4, -0.2) is 48.4 Å². The summed E-state index contributed by atoms with van der Waals surface area (Å²) in [6.07, 6.45) is -0.0701. The fourth-order valence-electron chi connectivity index (χ4n) is 2.07. The molecule has 0 unspecified atom stereocenters. The maximum absolute atomic E-state index is 10.7. The molecule has 0 heterocycles. The molecular formula is C16H16As2N2O4. The summed E-state index contributed by atoms with van der Waals surface area (Å²) in [4.78, 5) is 21.5. The Balaban J connectivity index is 2.18. The van der Waals surface area contributed by atoms with Crippen molar-refractivity contribution in [3.8, 4) is 0 Å². The van der Waals surface area contributed by atoms with Crippen LogP contribution in [0.3, 0.4) is 0 Å². The Kier molecular flexibility index (Phi) is 6.35. The van der Waals surface area contributed by atoms with Gasteiger partial charge in [-0.25, -0.2) is 0 Å². The van der Waals surface area contributed by atoms with Crippen LogP contribution in [0.15, 0.2) is 36.4 Å². The Morgan fingerprint density at radius 3 is 1.46 bits per heavy atom. The summed E-state index contributed by atoms with van der Waals surface area (Å²) < 4.78 is 2.13. The van der Waals surface area contributed by atoms with E-state index in [0.717, 1.165) is 8.70 Å². The second kappa shape index (κ2) is 8.27. The summed E-state index contributed by atoms with van der Waals surface area (Å²) >= 11 is -0.331. The number of carboxylic acids is 2. The number of nitrogen functional groups attached to an aromatic ring is 2. The molecule has 6 N–H and O–H groups in total. The van der Waals surface area contributed by atoms with Gasteiger partial charge in [0.15, 0.2) is 0 Å². The van der Waals surface area contributed by atoms with Crippen LogP contribution in [0.5, 0.6) is 0 Å². The van der Waals surface area contributed by atoms with Gasteiger partial charge in [0, 0.05) is 0 Å². The van der Waals surface area contributed by atoms with Crippen molar-refractivity contribution in [3.63, 3.8) is 0 Å². The summed E-state index contributed by atoms with van der Waals surface area (Å²) in [6, 6.07) is 10.8. The van der Waals surface area contributed by atoms with Gasteiger partial charge in [0.05, 0.1) is 0 Å². The van der Waals surface area contributed by atoms with E-state index in [1.165, 1.54) is 0 Å². The molecular weight excluding hydrogens is 434 g/mol. The van der Waals surface area contributed by atoms with Gasteiger partial charge >= 0.3 is 150 Å². The Labute approximate surface area is 149 Å². The van der Waals surface area contributed by atoms with Crippen molar-refractivity contribution < 1.29 is 19.8 Å². The van der Waals surface area contributed by atoms with Gasteiger partial charge in [0.25, 0.3) is 0 Å². The molecule has 0 bridgehead atoms. The number of hydrogen-bond acceptors (Lipinski definition) is 4. The molecule has 2 aromatic rings. The van der Waals surface area contributed by atoms with Gasteiger partial charge in [-0.05, 0) is 0 Å². The normalized spacial score (nSPS) is 10.8. The second-order valence-corrected chi connectivity index (χ2v) is 12.3. The van der Waals surface area contributed by atoms with Gasteiger partial charge in [-0.15, -0.1) is 0 Å². The van der Waals surface area contributed by atoms with Crippen LogP contribution in [0.4, 0.5) is 11.4 Å². The molecule has 2 rings (SSSR count). The van der Waals surface area contributed by atoms with E-state index in [2.05, 4.69) is 0 Å². The molecule has 0 amide bonds. The molecule has 0 aromatic heterocycles. The summed E-state index contributed by atoms with van der Waals surface area (Å²) in [5.74, 6) is -1.76. The first-order chi connectivity index (χ1) is 11.3. The first-order valence-electron chi connectivity index (χ1n) is 6.97. The molecule has 6 nitrogen and oxygen atoms in total. The zero-order chi connectivity index (χ0) is 17.7. The molecule has 0 spiro atoms. The van der Waals surface area contributed by atoms with Crippen molar-refractivity contribution in [1.29, 1.82) is 0 Å². The third kappa shape index (κ3) is 5.33. The van der Waals surface area contributed by atoms with E-state index < -0.39 is 11.9 Å². The third-order valence-electron chi connectivity index (χ3n) is 3.16. The zero-order valence-corrected chi connectivity index (χ0v) is 16.4. The molecule has 124 valence electrons. The van der Waals surface area contributed by atoms with Crippen LogP contribution < -0.4 is 20.2 Å². The third-order valence-corrected chi connectivity index (χ3v) is 11.8. The number of anilines is 2. The molecule has 0 atom stereocenters. The number of carboxylic acid groups (broad SMARTS) is 2. The van der Waals surface area contributed by atoms with Gasteiger partial charge in [-0.1, -0.05) is 0 Å².